The molecule has 0 saturated carbocycles. The maximum atomic E-state index is 11.8. The molecule has 1 fully saturated rings. The van der Waals surface area contributed by atoms with E-state index in [-0.39, 0.29) is 18.1 Å². The molecule has 0 aromatic heterocycles. The molecule has 4 heteroatoms. The summed E-state index contributed by atoms with van der Waals surface area (Å²) in [5.74, 6) is 0.211. The van der Waals surface area contributed by atoms with Crippen LogP contribution in [0.5, 0.6) is 0 Å². The van der Waals surface area contributed by atoms with Crippen LogP contribution in [-0.4, -0.2) is 50.2 Å². The van der Waals surface area contributed by atoms with Crippen LogP contribution < -0.4 is 5.32 Å². The van der Waals surface area contributed by atoms with Crippen LogP contribution in [0.25, 0.3) is 0 Å². The molecule has 0 aromatic carbocycles. The van der Waals surface area contributed by atoms with Crippen molar-refractivity contribution in [2.45, 2.75) is 31.9 Å². The van der Waals surface area contributed by atoms with E-state index in [0.717, 1.165) is 19.4 Å². The van der Waals surface area contributed by atoms with Gasteiger partial charge >= 0.3 is 0 Å². The van der Waals surface area contributed by atoms with Gasteiger partial charge in [0.15, 0.2) is 0 Å². The summed E-state index contributed by atoms with van der Waals surface area (Å²) >= 11 is 0. The number of nitrogens with zero attached hydrogens (tertiary/aromatic N) is 1. The first-order valence-electron chi connectivity index (χ1n) is 5.18. The predicted octanol–water partition coefficient (Wildman–Crippen LogP) is 0.232. The van der Waals surface area contributed by atoms with Crippen molar-refractivity contribution in [2.24, 2.45) is 0 Å². The second-order valence-electron chi connectivity index (χ2n) is 3.81. The van der Waals surface area contributed by atoms with E-state index in [2.05, 4.69) is 5.32 Å². The van der Waals surface area contributed by atoms with Gasteiger partial charge in [-0.15, -0.1) is 0 Å². The first-order chi connectivity index (χ1) is 6.69. The fraction of sp³-hybridized carbons (Fsp3) is 0.900. The number of methoxy groups -OCH3 is 1. The Hall–Kier alpha value is -0.610. The van der Waals surface area contributed by atoms with Gasteiger partial charge in [0.2, 0.25) is 5.91 Å². The number of likely N-dealkylation sites (tertiary alicyclic amines) is 1. The lowest BCUT2D eigenvalue weighted by molar-refractivity contribution is -0.137. The van der Waals surface area contributed by atoms with Gasteiger partial charge in [0.05, 0.1) is 12.1 Å². The van der Waals surface area contributed by atoms with Gasteiger partial charge in [-0.05, 0) is 26.8 Å². The lowest BCUT2D eigenvalue weighted by Crippen LogP contribution is -2.51. The predicted molar refractivity (Wildman–Crippen MR) is 55.1 cm³/mol. The number of hydrogen-bond donors (Lipinski definition) is 1. The minimum atomic E-state index is 0.00723. The van der Waals surface area contributed by atoms with E-state index in [4.69, 9.17) is 4.74 Å². The zero-order valence-corrected chi connectivity index (χ0v) is 9.25. The van der Waals surface area contributed by atoms with Crippen molar-refractivity contribution in [3.05, 3.63) is 0 Å². The standard InChI is InChI=1S/C10H20N2O2/c1-8(14-3)7-12-6-4-5-9(11-2)10(12)13/h8-9,11H,4-7H2,1-3H3. The summed E-state index contributed by atoms with van der Waals surface area (Å²) in [4.78, 5) is 13.7. The van der Waals surface area contributed by atoms with Crippen molar-refractivity contribution >= 4 is 5.91 Å². The molecule has 2 unspecified atom stereocenters. The van der Waals surface area contributed by atoms with Crippen LogP contribution in [0, 0.1) is 0 Å². The van der Waals surface area contributed by atoms with E-state index < -0.39 is 0 Å². The molecule has 1 saturated heterocycles. The molecule has 1 rings (SSSR count). The minimum Gasteiger partial charge on any atom is -0.380 e. The third-order valence-corrected chi connectivity index (χ3v) is 2.76. The normalized spacial score (nSPS) is 25.2. The highest BCUT2D eigenvalue weighted by Gasteiger charge is 2.27. The van der Waals surface area contributed by atoms with Crippen LogP contribution in [0.1, 0.15) is 19.8 Å². The van der Waals surface area contributed by atoms with Gasteiger partial charge in [-0.25, -0.2) is 0 Å². The molecule has 0 radical (unpaired) electrons. The molecule has 1 aliphatic rings. The number of carbonyl (C=O) groups excluding carboxylic acids is 1. The third-order valence-electron chi connectivity index (χ3n) is 2.76. The van der Waals surface area contributed by atoms with E-state index in [1.807, 2.05) is 18.9 Å². The highest BCUT2D eigenvalue weighted by atomic mass is 16.5. The van der Waals surface area contributed by atoms with Gasteiger partial charge in [-0.3, -0.25) is 4.79 Å². The molecule has 1 N–H and O–H groups in total. The Morgan fingerprint density at radius 3 is 3.00 bits per heavy atom. The van der Waals surface area contributed by atoms with Gasteiger partial charge < -0.3 is 15.0 Å². The van der Waals surface area contributed by atoms with Crippen molar-refractivity contribution in [3.8, 4) is 0 Å². The molecule has 2 atom stereocenters. The smallest absolute Gasteiger partial charge is 0.239 e. The number of amides is 1. The summed E-state index contributed by atoms with van der Waals surface area (Å²) in [7, 11) is 3.51. The maximum absolute atomic E-state index is 11.8. The van der Waals surface area contributed by atoms with Crippen LogP contribution in [0.15, 0.2) is 0 Å². The zero-order chi connectivity index (χ0) is 10.6. The van der Waals surface area contributed by atoms with Gasteiger partial charge in [0, 0.05) is 20.2 Å². The summed E-state index contributed by atoms with van der Waals surface area (Å²) in [6.45, 7) is 3.55. The Balaban J connectivity index is 2.47. The Bertz CT molecular complexity index is 197. The van der Waals surface area contributed by atoms with E-state index >= 15 is 0 Å². The third kappa shape index (κ3) is 2.69. The molecule has 4 nitrogen and oxygen atoms in total. The number of carbonyl (C=O) groups is 1. The summed E-state index contributed by atoms with van der Waals surface area (Å²) in [6.07, 6.45) is 2.15. The minimum absolute atomic E-state index is 0.00723. The van der Waals surface area contributed by atoms with Crippen LogP contribution in [-0.2, 0) is 9.53 Å². The molecule has 14 heavy (non-hydrogen) atoms. The first-order valence-corrected chi connectivity index (χ1v) is 5.18. The molecule has 82 valence electrons. The number of rotatable bonds is 4. The van der Waals surface area contributed by atoms with E-state index in [9.17, 15) is 4.79 Å². The van der Waals surface area contributed by atoms with Crippen LogP contribution in [0.3, 0.4) is 0 Å². The average Bonchev–Trinajstić information content (AvgIpc) is 2.21. The second-order valence-corrected chi connectivity index (χ2v) is 3.81. The van der Waals surface area contributed by atoms with Gasteiger partial charge in [0.25, 0.3) is 0 Å². The summed E-state index contributed by atoms with van der Waals surface area (Å²) < 4.78 is 5.16. The number of likely N-dealkylation sites (N-methyl/N-ethyl adjacent to an activating group) is 1. The lowest BCUT2D eigenvalue weighted by Gasteiger charge is -2.33. The zero-order valence-electron chi connectivity index (χ0n) is 9.25. The molecule has 0 aliphatic carbocycles. The SMILES string of the molecule is CNC1CCCN(CC(C)OC)C1=O. The lowest BCUT2D eigenvalue weighted by atomic mass is 10.0. The second kappa shape index (κ2) is 5.32. The Morgan fingerprint density at radius 1 is 1.71 bits per heavy atom. The van der Waals surface area contributed by atoms with Crippen LogP contribution in [0.2, 0.25) is 0 Å². The van der Waals surface area contributed by atoms with Crippen LogP contribution >= 0.6 is 0 Å². The van der Waals surface area contributed by atoms with Crippen molar-refractivity contribution in [1.29, 1.82) is 0 Å². The number of piperidine rings is 1. The molecule has 0 spiro atoms. The van der Waals surface area contributed by atoms with Crippen molar-refractivity contribution in [2.75, 3.05) is 27.2 Å². The monoisotopic (exact) mass is 200 g/mol. The summed E-state index contributed by atoms with van der Waals surface area (Å²) in [5, 5.41) is 3.04. The Morgan fingerprint density at radius 2 is 2.43 bits per heavy atom. The number of ether oxygens (including phenoxy) is 1. The molecule has 1 amide bonds. The van der Waals surface area contributed by atoms with Gasteiger partial charge in [-0.1, -0.05) is 0 Å². The van der Waals surface area contributed by atoms with Crippen molar-refractivity contribution in [1.82, 2.24) is 10.2 Å². The molecule has 1 heterocycles. The van der Waals surface area contributed by atoms with E-state index in [1.165, 1.54) is 0 Å². The highest BCUT2D eigenvalue weighted by Crippen LogP contribution is 2.12. The molecular weight excluding hydrogens is 180 g/mol. The quantitative estimate of drug-likeness (QED) is 0.706. The summed E-state index contributed by atoms with van der Waals surface area (Å²) in [5.41, 5.74) is 0. The molecule has 1 aliphatic heterocycles. The molecular formula is C10H20N2O2. The number of hydrogen-bond acceptors (Lipinski definition) is 3. The average molecular weight is 200 g/mol. The fourth-order valence-electron chi connectivity index (χ4n) is 1.77. The topological polar surface area (TPSA) is 41.6 Å². The Labute approximate surface area is 85.6 Å². The van der Waals surface area contributed by atoms with Crippen LogP contribution in [0.4, 0.5) is 0 Å². The molecule has 0 aromatic rings. The van der Waals surface area contributed by atoms with E-state index in [1.54, 1.807) is 7.11 Å². The first kappa shape index (κ1) is 11.5. The van der Waals surface area contributed by atoms with Crippen molar-refractivity contribution in [3.63, 3.8) is 0 Å². The van der Waals surface area contributed by atoms with Crippen molar-refractivity contribution < 1.29 is 9.53 Å². The maximum Gasteiger partial charge on any atom is 0.239 e. The summed E-state index contributed by atoms with van der Waals surface area (Å²) in [6, 6.07) is 0.00723. The van der Waals surface area contributed by atoms with Gasteiger partial charge in [0.1, 0.15) is 0 Å². The van der Waals surface area contributed by atoms with Gasteiger partial charge in [-0.2, -0.15) is 0 Å². The Kier molecular flexibility index (Phi) is 4.35. The van der Waals surface area contributed by atoms with E-state index in [0.29, 0.717) is 6.54 Å². The fourth-order valence-corrected chi connectivity index (χ4v) is 1.77. The largest absolute Gasteiger partial charge is 0.380 e. The molecule has 0 bridgehead atoms. The highest BCUT2D eigenvalue weighted by molar-refractivity contribution is 5.82. The number of nitrogens with one attached hydrogen (secondary N) is 1.